The lowest BCUT2D eigenvalue weighted by molar-refractivity contribution is -0.173. The van der Waals surface area contributed by atoms with E-state index in [1.807, 2.05) is 24.3 Å². The van der Waals surface area contributed by atoms with Gasteiger partial charge in [-0.25, -0.2) is 0 Å². The third-order valence-corrected chi connectivity index (χ3v) is 1.55. The molecule has 0 aromatic heterocycles. The third-order valence-electron chi connectivity index (χ3n) is 1.55. The fourth-order valence-electron chi connectivity index (χ4n) is 1.06. The van der Waals surface area contributed by atoms with Crippen molar-refractivity contribution in [2.24, 2.45) is 5.92 Å². The van der Waals surface area contributed by atoms with Crippen LogP contribution in [0.2, 0.25) is 0 Å². The first-order chi connectivity index (χ1) is 6.23. The lowest BCUT2D eigenvalue weighted by atomic mass is 10.2. The zero-order chi connectivity index (χ0) is 11.4. The summed E-state index contributed by atoms with van der Waals surface area (Å²) < 4.78 is 35.2. The van der Waals surface area contributed by atoms with Crippen LogP contribution in [0.5, 0.6) is 0 Å². The van der Waals surface area contributed by atoms with Crippen LogP contribution in [0.25, 0.3) is 0 Å². The second-order valence-electron chi connectivity index (χ2n) is 3.58. The maximum atomic E-state index is 11.7. The van der Waals surface area contributed by atoms with Gasteiger partial charge in [0.2, 0.25) is 0 Å². The molecule has 0 aliphatic heterocycles. The normalized spacial score (nSPS) is 14.2. The molecule has 0 radical (unpaired) electrons. The highest BCUT2D eigenvalue weighted by Crippen LogP contribution is 2.14. The molecule has 0 fully saturated rings. The van der Waals surface area contributed by atoms with Crippen molar-refractivity contribution in [3.8, 4) is 0 Å². The van der Waals surface area contributed by atoms with E-state index in [1.165, 1.54) is 0 Å². The van der Waals surface area contributed by atoms with Gasteiger partial charge in [-0.2, -0.15) is 13.2 Å². The summed E-state index contributed by atoms with van der Waals surface area (Å²) >= 11 is 0. The van der Waals surface area contributed by atoms with E-state index in [-0.39, 0.29) is 12.5 Å². The second-order valence-corrected chi connectivity index (χ2v) is 3.58. The van der Waals surface area contributed by atoms with Gasteiger partial charge in [-0.05, 0) is 20.0 Å². The fourth-order valence-corrected chi connectivity index (χ4v) is 1.06. The predicted molar refractivity (Wildman–Crippen MR) is 46.8 cm³/mol. The average molecular weight is 212 g/mol. The molecule has 0 aromatic carbocycles. The minimum atomic E-state index is -4.78. The molecule has 0 bridgehead atoms. The molecule has 0 aliphatic carbocycles. The number of carbonyl (C=O) groups is 1. The summed E-state index contributed by atoms with van der Waals surface area (Å²) in [5, 5.41) is 1.84. The van der Waals surface area contributed by atoms with Crippen LogP contribution in [0, 0.1) is 5.92 Å². The average Bonchev–Trinajstić information content (AvgIpc) is 1.96. The monoisotopic (exact) mass is 212 g/mol. The van der Waals surface area contributed by atoms with Crippen molar-refractivity contribution in [3.05, 3.63) is 0 Å². The van der Waals surface area contributed by atoms with Gasteiger partial charge in [-0.1, -0.05) is 6.92 Å². The molecule has 1 atom stereocenters. The van der Waals surface area contributed by atoms with Crippen LogP contribution in [0.15, 0.2) is 0 Å². The first-order valence-corrected chi connectivity index (χ1v) is 4.23. The molecule has 0 aromatic rings. The number of carbonyl (C=O) groups excluding carboxylic acids is 1. The first-order valence-electron chi connectivity index (χ1n) is 4.23. The largest absolute Gasteiger partial charge is 0.471 e. The van der Waals surface area contributed by atoms with E-state index in [2.05, 4.69) is 0 Å². The van der Waals surface area contributed by atoms with Crippen LogP contribution in [-0.2, 0) is 4.79 Å². The summed E-state index contributed by atoms with van der Waals surface area (Å²) in [5.41, 5.74) is 0. The van der Waals surface area contributed by atoms with E-state index in [0.29, 0.717) is 6.54 Å². The van der Waals surface area contributed by atoms with Crippen LogP contribution in [0.3, 0.4) is 0 Å². The van der Waals surface area contributed by atoms with Crippen molar-refractivity contribution < 1.29 is 18.0 Å². The van der Waals surface area contributed by atoms with Crippen LogP contribution in [-0.4, -0.2) is 44.2 Å². The standard InChI is InChI=1S/C8H15F3N2O/c1-6(5-13(2)3)4-12-7(14)8(9,10)11/h6H,4-5H2,1-3H3,(H,12,14). The number of hydrogen-bond acceptors (Lipinski definition) is 2. The van der Waals surface area contributed by atoms with E-state index in [1.54, 1.807) is 6.92 Å². The van der Waals surface area contributed by atoms with Crippen molar-refractivity contribution in [2.45, 2.75) is 13.1 Å². The molecule has 1 amide bonds. The zero-order valence-electron chi connectivity index (χ0n) is 8.48. The minimum Gasteiger partial charge on any atom is -0.348 e. The molecule has 0 saturated carbocycles. The Balaban J connectivity index is 3.78. The highest BCUT2D eigenvalue weighted by Gasteiger charge is 2.38. The Morgan fingerprint density at radius 2 is 1.93 bits per heavy atom. The van der Waals surface area contributed by atoms with Crippen molar-refractivity contribution in [3.63, 3.8) is 0 Å². The van der Waals surface area contributed by atoms with Gasteiger partial charge in [0.1, 0.15) is 0 Å². The Hall–Kier alpha value is -0.780. The molecule has 84 valence electrons. The molecule has 1 unspecified atom stereocenters. The van der Waals surface area contributed by atoms with E-state index in [9.17, 15) is 18.0 Å². The van der Waals surface area contributed by atoms with E-state index < -0.39 is 12.1 Å². The van der Waals surface area contributed by atoms with Crippen molar-refractivity contribution in [2.75, 3.05) is 27.2 Å². The molecule has 6 heteroatoms. The van der Waals surface area contributed by atoms with Gasteiger partial charge in [-0.3, -0.25) is 4.79 Å². The van der Waals surface area contributed by atoms with Gasteiger partial charge < -0.3 is 10.2 Å². The van der Waals surface area contributed by atoms with Gasteiger partial charge in [0.25, 0.3) is 0 Å². The summed E-state index contributed by atoms with van der Waals surface area (Å²) in [5.74, 6) is -1.88. The Kier molecular flexibility index (Phi) is 4.90. The predicted octanol–water partition coefficient (Wildman–Crippen LogP) is 0.863. The van der Waals surface area contributed by atoms with Crippen LogP contribution in [0.4, 0.5) is 13.2 Å². The van der Waals surface area contributed by atoms with Gasteiger partial charge in [0.05, 0.1) is 0 Å². The third kappa shape index (κ3) is 5.80. The lowest BCUT2D eigenvalue weighted by Crippen LogP contribution is -2.40. The number of amides is 1. The molecular weight excluding hydrogens is 197 g/mol. The summed E-state index contributed by atoms with van der Waals surface area (Å²) in [4.78, 5) is 12.3. The number of nitrogens with one attached hydrogen (secondary N) is 1. The van der Waals surface area contributed by atoms with E-state index in [4.69, 9.17) is 0 Å². The highest BCUT2D eigenvalue weighted by atomic mass is 19.4. The summed E-state index contributed by atoms with van der Waals surface area (Å²) in [7, 11) is 3.64. The Labute approximate surface area is 81.3 Å². The maximum absolute atomic E-state index is 11.7. The van der Waals surface area contributed by atoms with Crippen LogP contribution in [0.1, 0.15) is 6.92 Å². The van der Waals surface area contributed by atoms with Crippen molar-refractivity contribution in [1.82, 2.24) is 10.2 Å². The topological polar surface area (TPSA) is 32.3 Å². The highest BCUT2D eigenvalue weighted by molar-refractivity contribution is 5.81. The van der Waals surface area contributed by atoms with Gasteiger partial charge in [0.15, 0.2) is 0 Å². The molecule has 1 N–H and O–H groups in total. The number of hydrogen-bond donors (Lipinski definition) is 1. The lowest BCUT2D eigenvalue weighted by Gasteiger charge is -2.17. The molecule has 3 nitrogen and oxygen atoms in total. The molecular formula is C8H15F3N2O. The number of halogens is 3. The fraction of sp³-hybridized carbons (Fsp3) is 0.875. The Bertz CT molecular complexity index is 192. The molecule has 0 aliphatic rings. The van der Waals surface area contributed by atoms with E-state index >= 15 is 0 Å². The van der Waals surface area contributed by atoms with Gasteiger partial charge in [-0.15, -0.1) is 0 Å². The Morgan fingerprint density at radius 3 is 2.29 bits per heavy atom. The minimum absolute atomic E-state index is 0.00343. The first kappa shape index (κ1) is 13.2. The number of rotatable bonds is 4. The second kappa shape index (κ2) is 5.19. The summed E-state index contributed by atoms with van der Waals surface area (Å²) in [6.07, 6.45) is -4.78. The molecule has 0 rings (SSSR count). The smallest absolute Gasteiger partial charge is 0.348 e. The quantitative estimate of drug-likeness (QED) is 0.749. The Morgan fingerprint density at radius 1 is 1.43 bits per heavy atom. The van der Waals surface area contributed by atoms with Gasteiger partial charge in [0, 0.05) is 13.1 Å². The van der Waals surface area contributed by atoms with Crippen LogP contribution >= 0.6 is 0 Å². The number of alkyl halides is 3. The zero-order valence-corrected chi connectivity index (χ0v) is 8.48. The summed E-state index contributed by atoms with van der Waals surface area (Å²) in [6.45, 7) is 2.45. The maximum Gasteiger partial charge on any atom is 0.471 e. The van der Waals surface area contributed by atoms with Crippen LogP contribution < -0.4 is 5.32 Å². The molecule has 0 spiro atoms. The SMILES string of the molecule is CC(CNC(=O)C(F)(F)F)CN(C)C. The summed E-state index contributed by atoms with van der Waals surface area (Å²) in [6, 6.07) is 0. The van der Waals surface area contributed by atoms with Gasteiger partial charge >= 0.3 is 12.1 Å². The van der Waals surface area contributed by atoms with Crippen molar-refractivity contribution in [1.29, 1.82) is 0 Å². The molecule has 14 heavy (non-hydrogen) atoms. The number of nitrogens with zero attached hydrogens (tertiary/aromatic N) is 1. The van der Waals surface area contributed by atoms with Crippen molar-refractivity contribution >= 4 is 5.91 Å². The van der Waals surface area contributed by atoms with E-state index in [0.717, 1.165) is 0 Å². The molecule has 0 saturated heterocycles. The molecule has 0 heterocycles.